The molecule has 5 heteroatoms. The summed E-state index contributed by atoms with van der Waals surface area (Å²) in [5.74, 6) is -0.301. The molecule has 0 amide bonds. The first-order valence-corrected chi connectivity index (χ1v) is 6.83. The number of hydrogen-bond acceptors (Lipinski definition) is 4. The largest absolute Gasteiger partial charge is 0.462 e. The third-order valence-corrected chi connectivity index (χ3v) is 3.09. The van der Waals surface area contributed by atoms with Gasteiger partial charge in [0.15, 0.2) is 5.16 Å². The number of aromatic nitrogens is 2. The summed E-state index contributed by atoms with van der Waals surface area (Å²) in [5.41, 5.74) is 1.46. The first-order valence-electron chi connectivity index (χ1n) is 5.61. The van der Waals surface area contributed by atoms with E-state index in [1.165, 1.54) is 0 Å². The molecular weight excluding hydrogens is 248 g/mol. The lowest BCUT2D eigenvalue weighted by Crippen LogP contribution is -2.05. The van der Waals surface area contributed by atoms with Crippen molar-refractivity contribution in [3.63, 3.8) is 0 Å². The molecule has 0 saturated heterocycles. The predicted octanol–water partition coefficient (Wildman–Crippen LogP) is 2.77. The molecule has 0 atom stereocenters. The quantitative estimate of drug-likeness (QED) is 0.628. The van der Waals surface area contributed by atoms with Crippen LogP contribution in [0.5, 0.6) is 0 Å². The number of imidazole rings is 1. The van der Waals surface area contributed by atoms with Gasteiger partial charge >= 0.3 is 5.97 Å². The molecule has 0 bridgehead atoms. The van der Waals surface area contributed by atoms with Crippen molar-refractivity contribution in [2.24, 2.45) is 0 Å². The van der Waals surface area contributed by atoms with Crippen molar-refractivity contribution in [3.8, 4) is 5.69 Å². The van der Waals surface area contributed by atoms with E-state index >= 15 is 0 Å². The Hall–Kier alpha value is -1.75. The summed E-state index contributed by atoms with van der Waals surface area (Å²) >= 11 is 1.56. The zero-order valence-corrected chi connectivity index (χ0v) is 11.1. The molecule has 0 radical (unpaired) electrons. The van der Waals surface area contributed by atoms with Crippen LogP contribution in [0.3, 0.4) is 0 Å². The van der Waals surface area contributed by atoms with Gasteiger partial charge in [-0.05, 0) is 31.4 Å². The van der Waals surface area contributed by atoms with Crippen molar-refractivity contribution >= 4 is 17.7 Å². The molecule has 0 spiro atoms. The van der Waals surface area contributed by atoms with Gasteiger partial charge in [-0.1, -0.05) is 17.8 Å². The monoisotopic (exact) mass is 262 g/mol. The van der Waals surface area contributed by atoms with Crippen LogP contribution in [0, 0.1) is 0 Å². The molecule has 0 unspecified atom stereocenters. The van der Waals surface area contributed by atoms with Gasteiger partial charge in [0.25, 0.3) is 0 Å². The SMILES string of the molecule is CCOC(=O)c1cccc(-n2ccnc2SC)c1. The van der Waals surface area contributed by atoms with Gasteiger partial charge in [0, 0.05) is 18.1 Å². The van der Waals surface area contributed by atoms with Gasteiger partial charge < -0.3 is 4.74 Å². The van der Waals surface area contributed by atoms with Crippen LogP contribution >= 0.6 is 11.8 Å². The fraction of sp³-hybridized carbons (Fsp3) is 0.231. The van der Waals surface area contributed by atoms with Crippen molar-refractivity contribution in [1.29, 1.82) is 0 Å². The van der Waals surface area contributed by atoms with E-state index in [9.17, 15) is 4.79 Å². The van der Waals surface area contributed by atoms with E-state index in [4.69, 9.17) is 4.74 Å². The Balaban J connectivity index is 2.35. The lowest BCUT2D eigenvalue weighted by molar-refractivity contribution is 0.0526. The number of nitrogens with zero attached hydrogens (tertiary/aromatic N) is 2. The molecule has 0 aliphatic rings. The lowest BCUT2D eigenvalue weighted by atomic mass is 10.2. The van der Waals surface area contributed by atoms with Gasteiger partial charge in [-0.25, -0.2) is 9.78 Å². The Kier molecular flexibility index (Phi) is 4.04. The molecular formula is C13H14N2O2S. The number of carbonyl (C=O) groups excluding carboxylic acids is 1. The van der Waals surface area contributed by atoms with Crippen LogP contribution in [0.4, 0.5) is 0 Å². The molecule has 0 fully saturated rings. The van der Waals surface area contributed by atoms with E-state index in [-0.39, 0.29) is 5.97 Å². The summed E-state index contributed by atoms with van der Waals surface area (Å²) in [4.78, 5) is 15.9. The minimum atomic E-state index is -0.301. The zero-order chi connectivity index (χ0) is 13.0. The smallest absolute Gasteiger partial charge is 0.338 e. The minimum Gasteiger partial charge on any atom is -0.462 e. The van der Waals surface area contributed by atoms with Gasteiger partial charge in [0.1, 0.15) is 0 Å². The Bertz CT molecular complexity index is 551. The normalized spacial score (nSPS) is 10.3. The van der Waals surface area contributed by atoms with Crippen LogP contribution in [0.1, 0.15) is 17.3 Å². The predicted molar refractivity (Wildman–Crippen MR) is 71.3 cm³/mol. The average Bonchev–Trinajstić information content (AvgIpc) is 2.87. The molecule has 2 aromatic rings. The summed E-state index contributed by atoms with van der Waals surface area (Å²) in [7, 11) is 0. The molecule has 0 saturated carbocycles. The maximum absolute atomic E-state index is 11.7. The molecule has 0 aliphatic carbocycles. The van der Waals surface area contributed by atoms with Gasteiger partial charge in [-0.15, -0.1) is 0 Å². The Morgan fingerprint density at radius 1 is 1.50 bits per heavy atom. The highest BCUT2D eigenvalue weighted by Crippen LogP contribution is 2.19. The maximum atomic E-state index is 11.7. The lowest BCUT2D eigenvalue weighted by Gasteiger charge is -2.08. The van der Waals surface area contributed by atoms with Gasteiger partial charge in [-0.3, -0.25) is 4.57 Å². The van der Waals surface area contributed by atoms with E-state index in [0.29, 0.717) is 12.2 Å². The summed E-state index contributed by atoms with van der Waals surface area (Å²) in [6.07, 6.45) is 5.58. The molecule has 4 nitrogen and oxygen atoms in total. The summed E-state index contributed by atoms with van der Waals surface area (Å²) in [5, 5.41) is 0.885. The van der Waals surface area contributed by atoms with Crippen LogP contribution in [0.2, 0.25) is 0 Å². The topological polar surface area (TPSA) is 44.1 Å². The standard InChI is InChI=1S/C13H14N2O2S/c1-3-17-12(16)10-5-4-6-11(9-10)15-8-7-14-13(15)18-2/h4-9H,3H2,1-2H3. The van der Waals surface area contributed by atoms with Crippen LogP contribution in [0.15, 0.2) is 41.8 Å². The third kappa shape index (κ3) is 2.56. The molecule has 0 N–H and O–H groups in total. The van der Waals surface area contributed by atoms with Gasteiger partial charge in [0.05, 0.1) is 12.2 Å². The van der Waals surface area contributed by atoms with E-state index < -0.39 is 0 Å². The number of hydrogen-bond donors (Lipinski definition) is 0. The number of ether oxygens (including phenoxy) is 1. The van der Waals surface area contributed by atoms with Crippen LogP contribution in [0.25, 0.3) is 5.69 Å². The van der Waals surface area contributed by atoms with E-state index in [1.54, 1.807) is 37.0 Å². The maximum Gasteiger partial charge on any atom is 0.338 e. The number of benzene rings is 1. The molecule has 1 aromatic carbocycles. The van der Waals surface area contributed by atoms with Crippen molar-refractivity contribution in [1.82, 2.24) is 9.55 Å². The second-order valence-electron chi connectivity index (χ2n) is 3.55. The second-order valence-corrected chi connectivity index (χ2v) is 4.33. The highest BCUT2D eigenvalue weighted by Gasteiger charge is 2.09. The third-order valence-electron chi connectivity index (χ3n) is 2.42. The van der Waals surface area contributed by atoms with Gasteiger partial charge in [0.2, 0.25) is 0 Å². The molecule has 0 aliphatic heterocycles. The average molecular weight is 262 g/mol. The molecule has 18 heavy (non-hydrogen) atoms. The van der Waals surface area contributed by atoms with Gasteiger partial charge in [-0.2, -0.15) is 0 Å². The van der Waals surface area contributed by atoms with E-state index in [0.717, 1.165) is 10.8 Å². The second kappa shape index (κ2) is 5.73. The molecule has 2 rings (SSSR count). The molecule has 1 aromatic heterocycles. The summed E-state index contributed by atoms with van der Waals surface area (Å²) < 4.78 is 6.93. The van der Waals surface area contributed by atoms with Crippen LogP contribution < -0.4 is 0 Å². The Morgan fingerprint density at radius 3 is 3.06 bits per heavy atom. The van der Waals surface area contributed by atoms with Crippen molar-refractivity contribution in [2.75, 3.05) is 12.9 Å². The molecule has 94 valence electrons. The van der Waals surface area contributed by atoms with Crippen molar-refractivity contribution < 1.29 is 9.53 Å². The first-order chi connectivity index (χ1) is 8.76. The zero-order valence-electron chi connectivity index (χ0n) is 10.3. The van der Waals surface area contributed by atoms with Crippen LogP contribution in [-0.2, 0) is 4.74 Å². The Morgan fingerprint density at radius 2 is 2.33 bits per heavy atom. The number of thioether (sulfide) groups is 1. The fourth-order valence-electron chi connectivity index (χ4n) is 1.63. The number of rotatable bonds is 4. The highest BCUT2D eigenvalue weighted by atomic mass is 32.2. The Labute approximate surface area is 110 Å². The molecule has 1 heterocycles. The number of esters is 1. The highest BCUT2D eigenvalue weighted by molar-refractivity contribution is 7.98. The summed E-state index contributed by atoms with van der Waals surface area (Å²) in [6.45, 7) is 2.17. The number of carbonyl (C=O) groups is 1. The summed E-state index contributed by atoms with van der Waals surface area (Å²) in [6, 6.07) is 7.33. The first kappa shape index (κ1) is 12.7. The van der Waals surface area contributed by atoms with E-state index in [1.807, 2.05) is 29.2 Å². The van der Waals surface area contributed by atoms with Crippen molar-refractivity contribution in [2.45, 2.75) is 12.1 Å². The van der Waals surface area contributed by atoms with Crippen molar-refractivity contribution in [3.05, 3.63) is 42.2 Å². The van der Waals surface area contributed by atoms with E-state index in [2.05, 4.69) is 4.98 Å². The fourth-order valence-corrected chi connectivity index (χ4v) is 2.16. The van der Waals surface area contributed by atoms with Crippen LogP contribution in [-0.4, -0.2) is 28.4 Å². The minimum absolute atomic E-state index is 0.301.